The van der Waals surface area contributed by atoms with E-state index in [9.17, 15) is 0 Å². The third kappa shape index (κ3) is 5.56. The van der Waals surface area contributed by atoms with Crippen LogP contribution in [-0.2, 0) is 4.74 Å². The summed E-state index contributed by atoms with van der Waals surface area (Å²) >= 11 is 0. The maximum Gasteiger partial charge on any atom is 0.161 e. The van der Waals surface area contributed by atoms with Crippen LogP contribution in [0.3, 0.4) is 0 Å². The molecule has 0 spiro atoms. The average molecular weight is 293 g/mol. The predicted octanol–water partition coefficient (Wildman–Crippen LogP) is 2.97. The summed E-state index contributed by atoms with van der Waals surface area (Å²) in [6.45, 7) is 9.77. The van der Waals surface area contributed by atoms with E-state index in [-0.39, 0.29) is 6.10 Å². The molecular formula is C17H27NO3. The van der Waals surface area contributed by atoms with Crippen molar-refractivity contribution < 1.29 is 14.2 Å². The number of rotatable bonds is 8. The Bertz CT molecular complexity index is 405. The van der Waals surface area contributed by atoms with Gasteiger partial charge in [-0.25, -0.2) is 0 Å². The SMILES string of the molecule is CCC(C)Oc1ccccc1OCCCN1CCOCC1. The van der Waals surface area contributed by atoms with E-state index in [0.29, 0.717) is 0 Å². The van der Waals surface area contributed by atoms with Gasteiger partial charge in [0.25, 0.3) is 0 Å². The molecule has 0 bridgehead atoms. The lowest BCUT2D eigenvalue weighted by atomic mass is 10.3. The maximum atomic E-state index is 5.89. The highest BCUT2D eigenvalue weighted by atomic mass is 16.5. The van der Waals surface area contributed by atoms with Crippen LogP contribution in [0.4, 0.5) is 0 Å². The quantitative estimate of drug-likeness (QED) is 0.690. The Morgan fingerprint density at radius 1 is 1.19 bits per heavy atom. The Kier molecular flexibility index (Phi) is 6.83. The first-order chi connectivity index (χ1) is 10.3. The molecule has 1 atom stereocenters. The van der Waals surface area contributed by atoms with Crippen LogP contribution >= 0.6 is 0 Å². The standard InChI is InChI=1S/C17H27NO3/c1-3-15(2)21-17-8-5-4-7-16(17)20-12-6-9-18-10-13-19-14-11-18/h4-5,7-8,15H,3,6,9-14H2,1-2H3. The lowest BCUT2D eigenvalue weighted by molar-refractivity contribution is 0.0357. The normalized spacial score (nSPS) is 17.4. The van der Waals surface area contributed by atoms with E-state index < -0.39 is 0 Å². The lowest BCUT2D eigenvalue weighted by Gasteiger charge is -2.26. The van der Waals surface area contributed by atoms with Crippen molar-refractivity contribution in [3.05, 3.63) is 24.3 Å². The van der Waals surface area contributed by atoms with E-state index >= 15 is 0 Å². The van der Waals surface area contributed by atoms with Crippen molar-refractivity contribution in [2.24, 2.45) is 0 Å². The highest BCUT2D eigenvalue weighted by Crippen LogP contribution is 2.27. The average Bonchev–Trinajstić information content (AvgIpc) is 2.54. The monoisotopic (exact) mass is 293 g/mol. The first kappa shape index (κ1) is 16.1. The summed E-state index contributed by atoms with van der Waals surface area (Å²) in [5.41, 5.74) is 0. The molecule has 0 aliphatic carbocycles. The van der Waals surface area contributed by atoms with Gasteiger partial charge in [-0.3, -0.25) is 4.90 Å². The third-order valence-electron chi connectivity index (χ3n) is 3.73. The summed E-state index contributed by atoms with van der Waals surface area (Å²) in [6.07, 6.45) is 2.23. The molecule has 0 saturated carbocycles. The molecule has 1 aromatic carbocycles. The van der Waals surface area contributed by atoms with Crippen LogP contribution in [0.2, 0.25) is 0 Å². The summed E-state index contributed by atoms with van der Waals surface area (Å²) in [5, 5.41) is 0. The van der Waals surface area contributed by atoms with Gasteiger partial charge < -0.3 is 14.2 Å². The second-order valence-corrected chi connectivity index (χ2v) is 5.44. The molecule has 0 N–H and O–H groups in total. The second-order valence-electron chi connectivity index (χ2n) is 5.44. The fraction of sp³-hybridized carbons (Fsp3) is 0.647. The minimum absolute atomic E-state index is 0.211. The molecule has 2 rings (SSSR count). The van der Waals surface area contributed by atoms with Crippen LogP contribution in [0, 0.1) is 0 Å². The highest BCUT2D eigenvalue weighted by molar-refractivity contribution is 5.39. The van der Waals surface area contributed by atoms with E-state index in [1.165, 1.54) is 0 Å². The molecule has 118 valence electrons. The number of hydrogen-bond acceptors (Lipinski definition) is 4. The first-order valence-corrected chi connectivity index (χ1v) is 7.98. The molecule has 1 saturated heterocycles. The van der Waals surface area contributed by atoms with Crippen molar-refractivity contribution in [1.29, 1.82) is 0 Å². The highest BCUT2D eigenvalue weighted by Gasteiger charge is 2.10. The van der Waals surface area contributed by atoms with E-state index in [2.05, 4.69) is 18.7 Å². The van der Waals surface area contributed by atoms with Gasteiger partial charge in [0, 0.05) is 19.6 Å². The smallest absolute Gasteiger partial charge is 0.161 e. The molecule has 1 aliphatic rings. The van der Waals surface area contributed by atoms with Gasteiger partial charge in [-0.05, 0) is 31.9 Å². The molecule has 0 aromatic heterocycles. The summed E-state index contributed by atoms with van der Waals surface area (Å²) in [4.78, 5) is 2.43. The molecule has 0 radical (unpaired) electrons. The number of nitrogens with zero attached hydrogens (tertiary/aromatic N) is 1. The van der Waals surface area contributed by atoms with Gasteiger partial charge in [0.05, 0.1) is 25.9 Å². The number of benzene rings is 1. The van der Waals surface area contributed by atoms with Crippen molar-refractivity contribution in [1.82, 2.24) is 4.90 Å². The van der Waals surface area contributed by atoms with Gasteiger partial charge in [0.1, 0.15) is 0 Å². The van der Waals surface area contributed by atoms with Crippen LogP contribution in [0.25, 0.3) is 0 Å². The minimum Gasteiger partial charge on any atom is -0.490 e. The topological polar surface area (TPSA) is 30.9 Å². The van der Waals surface area contributed by atoms with Gasteiger partial charge >= 0.3 is 0 Å². The maximum absolute atomic E-state index is 5.89. The van der Waals surface area contributed by atoms with E-state index in [0.717, 1.165) is 63.8 Å². The van der Waals surface area contributed by atoms with Crippen molar-refractivity contribution >= 4 is 0 Å². The Morgan fingerprint density at radius 2 is 1.90 bits per heavy atom. The van der Waals surface area contributed by atoms with Crippen molar-refractivity contribution in [3.8, 4) is 11.5 Å². The second kappa shape index (κ2) is 8.90. The fourth-order valence-corrected chi connectivity index (χ4v) is 2.26. The van der Waals surface area contributed by atoms with Crippen molar-refractivity contribution in [3.63, 3.8) is 0 Å². The molecule has 1 unspecified atom stereocenters. The van der Waals surface area contributed by atoms with Crippen LogP contribution in [0.1, 0.15) is 26.7 Å². The summed E-state index contributed by atoms with van der Waals surface area (Å²) in [7, 11) is 0. The van der Waals surface area contributed by atoms with Gasteiger partial charge in [0.2, 0.25) is 0 Å². The van der Waals surface area contributed by atoms with E-state index in [1.54, 1.807) is 0 Å². The molecule has 0 amide bonds. The number of morpholine rings is 1. The van der Waals surface area contributed by atoms with Crippen LogP contribution in [0.15, 0.2) is 24.3 Å². The molecule has 1 fully saturated rings. The van der Waals surface area contributed by atoms with Crippen LogP contribution in [-0.4, -0.2) is 50.5 Å². The predicted molar refractivity (Wildman–Crippen MR) is 84.2 cm³/mol. The fourth-order valence-electron chi connectivity index (χ4n) is 2.26. The largest absolute Gasteiger partial charge is 0.490 e. The Hall–Kier alpha value is -1.26. The number of hydrogen-bond donors (Lipinski definition) is 0. The first-order valence-electron chi connectivity index (χ1n) is 7.98. The lowest BCUT2D eigenvalue weighted by Crippen LogP contribution is -2.37. The zero-order valence-electron chi connectivity index (χ0n) is 13.2. The number of para-hydroxylation sites is 2. The summed E-state index contributed by atoms with van der Waals surface area (Å²) in [6, 6.07) is 7.93. The molecule has 1 aliphatic heterocycles. The Labute approximate surface area is 128 Å². The molecule has 1 heterocycles. The van der Waals surface area contributed by atoms with Gasteiger partial charge in [-0.2, -0.15) is 0 Å². The summed E-state index contributed by atoms with van der Waals surface area (Å²) < 4.78 is 17.1. The third-order valence-corrected chi connectivity index (χ3v) is 3.73. The van der Waals surface area contributed by atoms with Crippen molar-refractivity contribution in [2.75, 3.05) is 39.5 Å². The summed E-state index contributed by atoms with van der Waals surface area (Å²) in [5.74, 6) is 1.69. The molecule has 4 nitrogen and oxygen atoms in total. The van der Waals surface area contributed by atoms with Crippen LogP contribution in [0.5, 0.6) is 11.5 Å². The van der Waals surface area contributed by atoms with E-state index in [1.807, 2.05) is 24.3 Å². The Balaban J connectivity index is 1.74. The molecule has 21 heavy (non-hydrogen) atoms. The van der Waals surface area contributed by atoms with E-state index in [4.69, 9.17) is 14.2 Å². The van der Waals surface area contributed by atoms with Gasteiger partial charge in [-0.1, -0.05) is 19.1 Å². The van der Waals surface area contributed by atoms with Gasteiger partial charge in [-0.15, -0.1) is 0 Å². The minimum atomic E-state index is 0.211. The zero-order chi connectivity index (χ0) is 14.9. The molecule has 1 aromatic rings. The Morgan fingerprint density at radius 3 is 2.62 bits per heavy atom. The molecular weight excluding hydrogens is 266 g/mol. The van der Waals surface area contributed by atoms with Crippen LogP contribution < -0.4 is 9.47 Å². The van der Waals surface area contributed by atoms with Gasteiger partial charge in [0.15, 0.2) is 11.5 Å². The van der Waals surface area contributed by atoms with Crippen molar-refractivity contribution in [2.45, 2.75) is 32.8 Å². The number of ether oxygens (including phenoxy) is 3. The molecule has 4 heteroatoms. The zero-order valence-corrected chi connectivity index (χ0v) is 13.2.